The molecule has 0 saturated carbocycles. The molecular formula is C23H30N2O4. The van der Waals surface area contributed by atoms with Gasteiger partial charge >= 0.3 is 0 Å². The van der Waals surface area contributed by atoms with Crippen molar-refractivity contribution in [2.45, 2.75) is 39.9 Å². The van der Waals surface area contributed by atoms with Gasteiger partial charge in [-0.05, 0) is 42.3 Å². The van der Waals surface area contributed by atoms with Gasteiger partial charge in [0.1, 0.15) is 17.5 Å². The molecule has 0 spiro atoms. The maximum Gasteiger partial charge on any atom is 0.242 e. The fourth-order valence-corrected chi connectivity index (χ4v) is 2.89. The maximum atomic E-state index is 12.8. The van der Waals surface area contributed by atoms with Crippen molar-refractivity contribution in [3.8, 4) is 11.5 Å². The van der Waals surface area contributed by atoms with E-state index in [-0.39, 0.29) is 17.7 Å². The number of hydrogen-bond acceptors (Lipinski definition) is 4. The van der Waals surface area contributed by atoms with Crippen molar-refractivity contribution in [3.63, 3.8) is 0 Å². The molecule has 1 unspecified atom stereocenters. The Hall–Kier alpha value is -3.02. The number of rotatable bonds is 9. The summed E-state index contributed by atoms with van der Waals surface area (Å²) in [5.41, 5.74) is 1.90. The van der Waals surface area contributed by atoms with E-state index < -0.39 is 6.04 Å². The second-order valence-corrected chi connectivity index (χ2v) is 7.21. The number of carbonyl (C=O) groups is 2. The third-order valence-electron chi connectivity index (χ3n) is 4.76. The second-order valence-electron chi connectivity index (χ2n) is 7.21. The van der Waals surface area contributed by atoms with E-state index in [1.165, 1.54) is 0 Å². The van der Waals surface area contributed by atoms with Crippen LogP contribution in [0.5, 0.6) is 11.5 Å². The molecule has 2 aromatic rings. The Bertz CT molecular complexity index is 801. The van der Waals surface area contributed by atoms with E-state index >= 15 is 0 Å². The average Bonchev–Trinajstić information content (AvgIpc) is 2.75. The highest BCUT2D eigenvalue weighted by atomic mass is 16.5. The number of nitrogens with zero attached hydrogens (tertiary/aromatic N) is 1. The molecular weight excluding hydrogens is 368 g/mol. The van der Waals surface area contributed by atoms with Crippen LogP contribution in [0.1, 0.15) is 31.9 Å². The molecule has 0 aromatic heterocycles. The third-order valence-corrected chi connectivity index (χ3v) is 4.76. The summed E-state index contributed by atoms with van der Waals surface area (Å²) >= 11 is 0. The van der Waals surface area contributed by atoms with Crippen molar-refractivity contribution in [2.75, 3.05) is 14.2 Å². The molecule has 29 heavy (non-hydrogen) atoms. The van der Waals surface area contributed by atoms with Crippen molar-refractivity contribution >= 4 is 11.8 Å². The Morgan fingerprint density at radius 2 is 1.34 bits per heavy atom. The van der Waals surface area contributed by atoms with Gasteiger partial charge in [0.25, 0.3) is 0 Å². The van der Waals surface area contributed by atoms with Crippen LogP contribution in [0.4, 0.5) is 0 Å². The van der Waals surface area contributed by atoms with E-state index in [0.29, 0.717) is 13.1 Å². The minimum absolute atomic E-state index is 0.0621. The summed E-state index contributed by atoms with van der Waals surface area (Å²) in [4.78, 5) is 27.1. The largest absolute Gasteiger partial charge is 0.497 e. The van der Waals surface area contributed by atoms with Crippen LogP contribution >= 0.6 is 0 Å². The lowest BCUT2D eigenvalue weighted by molar-refractivity contribution is -0.143. The lowest BCUT2D eigenvalue weighted by atomic mass is 10.1. The lowest BCUT2D eigenvalue weighted by Crippen LogP contribution is -2.48. The highest BCUT2D eigenvalue weighted by molar-refractivity contribution is 5.88. The van der Waals surface area contributed by atoms with Crippen LogP contribution in [-0.2, 0) is 22.7 Å². The van der Waals surface area contributed by atoms with Crippen LogP contribution in [0.3, 0.4) is 0 Å². The molecule has 0 saturated heterocycles. The van der Waals surface area contributed by atoms with E-state index in [4.69, 9.17) is 9.47 Å². The molecule has 0 fully saturated rings. The van der Waals surface area contributed by atoms with Crippen molar-refractivity contribution in [3.05, 3.63) is 59.7 Å². The topological polar surface area (TPSA) is 67.9 Å². The summed E-state index contributed by atoms with van der Waals surface area (Å²) in [6.45, 7) is 6.18. The molecule has 2 amide bonds. The maximum absolute atomic E-state index is 12.8. The lowest BCUT2D eigenvalue weighted by Gasteiger charge is -2.30. The first-order chi connectivity index (χ1) is 13.8. The summed E-state index contributed by atoms with van der Waals surface area (Å²) in [7, 11) is 3.22. The van der Waals surface area contributed by atoms with Crippen LogP contribution in [0.2, 0.25) is 0 Å². The number of amides is 2. The van der Waals surface area contributed by atoms with Gasteiger partial charge in [0, 0.05) is 19.0 Å². The quantitative estimate of drug-likeness (QED) is 0.703. The van der Waals surface area contributed by atoms with Gasteiger partial charge in [0.05, 0.1) is 14.2 Å². The molecule has 0 aliphatic carbocycles. The van der Waals surface area contributed by atoms with Crippen LogP contribution < -0.4 is 14.8 Å². The van der Waals surface area contributed by atoms with E-state index in [0.717, 1.165) is 22.6 Å². The molecule has 0 aliphatic heterocycles. The standard InChI is InChI=1S/C23H30N2O4/c1-16(2)23(27)25(15-19-8-12-21(29-5)13-9-19)17(3)22(26)24-14-18-6-10-20(28-4)11-7-18/h6-13,16-17H,14-15H2,1-5H3,(H,24,26). The minimum Gasteiger partial charge on any atom is -0.497 e. The number of methoxy groups -OCH3 is 2. The van der Waals surface area contributed by atoms with Gasteiger partial charge in [0.15, 0.2) is 0 Å². The first kappa shape index (κ1) is 22.3. The highest BCUT2D eigenvalue weighted by Gasteiger charge is 2.27. The Kier molecular flexibility index (Phi) is 8.07. The Morgan fingerprint density at radius 3 is 1.79 bits per heavy atom. The molecule has 0 bridgehead atoms. The first-order valence-electron chi connectivity index (χ1n) is 9.69. The Labute approximate surface area is 172 Å². The third kappa shape index (κ3) is 6.24. The smallest absolute Gasteiger partial charge is 0.242 e. The Balaban J connectivity index is 2.07. The van der Waals surface area contributed by atoms with Crippen molar-refractivity contribution < 1.29 is 19.1 Å². The van der Waals surface area contributed by atoms with E-state index in [2.05, 4.69) is 5.32 Å². The van der Waals surface area contributed by atoms with Crippen LogP contribution in [0.25, 0.3) is 0 Å². The monoisotopic (exact) mass is 398 g/mol. The molecule has 2 rings (SSSR count). The van der Waals surface area contributed by atoms with Gasteiger partial charge < -0.3 is 19.7 Å². The van der Waals surface area contributed by atoms with Gasteiger partial charge in [-0.3, -0.25) is 9.59 Å². The summed E-state index contributed by atoms with van der Waals surface area (Å²) in [5, 5.41) is 2.92. The molecule has 2 aromatic carbocycles. The second kappa shape index (κ2) is 10.5. The van der Waals surface area contributed by atoms with Gasteiger partial charge in [-0.2, -0.15) is 0 Å². The summed E-state index contributed by atoms with van der Waals surface area (Å²) < 4.78 is 10.3. The molecule has 1 N–H and O–H groups in total. The summed E-state index contributed by atoms with van der Waals surface area (Å²) in [6.07, 6.45) is 0. The summed E-state index contributed by atoms with van der Waals surface area (Å²) in [6, 6.07) is 14.4. The van der Waals surface area contributed by atoms with E-state index in [9.17, 15) is 9.59 Å². The normalized spacial score (nSPS) is 11.7. The molecule has 0 heterocycles. The SMILES string of the molecule is COc1ccc(CNC(=O)C(C)N(Cc2ccc(OC)cc2)C(=O)C(C)C)cc1. The van der Waals surface area contributed by atoms with E-state index in [1.807, 2.05) is 62.4 Å². The van der Waals surface area contributed by atoms with Crippen LogP contribution in [-0.4, -0.2) is 37.0 Å². The fraction of sp³-hybridized carbons (Fsp3) is 0.391. The molecule has 6 nitrogen and oxygen atoms in total. The zero-order valence-corrected chi connectivity index (χ0v) is 17.8. The number of ether oxygens (including phenoxy) is 2. The Morgan fingerprint density at radius 1 is 0.862 bits per heavy atom. The predicted molar refractivity (Wildman–Crippen MR) is 113 cm³/mol. The molecule has 6 heteroatoms. The molecule has 0 aliphatic rings. The van der Waals surface area contributed by atoms with Crippen molar-refractivity contribution in [1.82, 2.24) is 10.2 Å². The van der Waals surface area contributed by atoms with Gasteiger partial charge in [-0.15, -0.1) is 0 Å². The van der Waals surface area contributed by atoms with Crippen molar-refractivity contribution in [2.24, 2.45) is 5.92 Å². The van der Waals surface area contributed by atoms with Crippen LogP contribution in [0, 0.1) is 5.92 Å². The van der Waals surface area contributed by atoms with Crippen LogP contribution in [0.15, 0.2) is 48.5 Å². The highest BCUT2D eigenvalue weighted by Crippen LogP contribution is 2.17. The van der Waals surface area contributed by atoms with Crippen molar-refractivity contribution in [1.29, 1.82) is 0 Å². The zero-order valence-electron chi connectivity index (χ0n) is 17.8. The average molecular weight is 399 g/mol. The molecule has 1 atom stereocenters. The molecule has 0 radical (unpaired) electrons. The predicted octanol–water partition coefficient (Wildman–Crippen LogP) is 3.39. The minimum atomic E-state index is -0.592. The van der Waals surface area contributed by atoms with Gasteiger partial charge in [-0.25, -0.2) is 0 Å². The molecule has 156 valence electrons. The van der Waals surface area contributed by atoms with E-state index in [1.54, 1.807) is 26.0 Å². The number of carbonyl (C=O) groups excluding carboxylic acids is 2. The first-order valence-corrected chi connectivity index (χ1v) is 9.69. The zero-order chi connectivity index (χ0) is 21.4. The number of nitrogens with one attached hydrogen (secondary N) is 1. The fourth-order valence-electron chi connectivity index (χ4n) is 2.89. The van der Waals surface area contributed by atoms with Gasteiger partial charge in [0.2, 0.25) is 11.8 Å². The number of benzene rings is 2. The summed E-state index contributed by atoms with van der Waals surface area (Å²) in [5.74, 6) is 1.06. The number of hydrogen-bond donors (Lipinski definition) is 1. The van der Waals surface area contributed by atoms with Gasteiger partial charge in [-0.1, -0.05) is 38.1 Å².